The van der Waals surface area contributed by atoms with Crippen molar-refractivity contribution in [3.63, 3.8) is 0 Å². The zero-order chi connectivity index (χ0) is 16.7. The lowest BCUT2D eigenvalue weighted by Gasteiger charge is -2.32. The highest BCUT2D eigenvalue weighted by molar-refractivity contribution is 5.91. The third-order valence-electron chi connectivity index (χ3n) is 3.64. The predicted molar refractivity (Wildman–Crippen MR) is 70.6 cm³/mol. The average Bonchev–Trinajstić information content (AvgIpc) is 2.76. The summed E-state index contributed by atoms with van der Waals surface area (Å²) in [5, 5.41) is 28.8. The lowest BCUT2D eigenvalue weighted by molar-refractivity contribution is -0.181. The minimum Gasteiger partial charge on any atom is -0.393 e. The number of hydrogen-bond donors (Lipinski definition) is 6. The number of aliphatic hydroxyl groups excluding tert-OH is 3. The molecule has 1 saturated heterocycles. The van der Waals surface area contributed by atoms with E-state index in [4.69, 9.17) is 16.2 Å². The number of H-pyrrole nitrogens is 1. The number of primary amides is 1. The van der Waals surface area contributed by atoms with Crippen molar-refractivity contribution >= 4 is 5.91 Å². The number of ether oxygens (including phenoxy) is 1. The van der Waals surface area contributed by atoms with Gasteiger partial charge in [-0.05, 0) is 0 Å². The lowest BCUT2D eigenvalue weighted by Crippen LogP contribution is -2.57. The summed E-state index contributed by atoms with van der Waals surface area (Å²) < 4.78 is 6.15. The fourth-order valence-corrected chi connectivity index (χ4v) is 2.32. The number of nitrogens with zero attached hydrogens (tertiary/aromatic N) is 1. The van der Waals surface area contributed by atoms with Crippen LogP contribution in [0.5, 0.6) is 0 Å². The summed E-state index contributed by atoms with van der Waals surface area (Å²) in [5.41, 5.74) is 6.10. The van der Waals surface area contributed by atoms with Crippen LogP contribution in [0.1, 0.15) is 23.0 Å². The molecule has 1 aliphatic rings. The van der Waals surface area contributed by atoms with Crippen molar-refractivity contribution in [2.24, 2.45) is 11.5 Å². The first-order valence-corrected chi connectivity index (χ1v) is 6.28. The van der Waals surface area contributed by atoms with Crippen LogP contribution in [0, 0.1) is 0 Å². The van der Waals surface area contributed by atoms with E-state index in [0.29, 0.717) is 0 Å². The van der Waals surface area contributed by atoms with Crippen LogP contribution in [-0.2, 0) is 4.74 Å². The summed E-state index contributed by atoms with van der Waals surface area (Å²) in [6.07, 6.45) is -3.58. The van der Waals surface area contributed by atoms with Gasteiger partial charge in [-0.15, -0.1) is 0 Å². The van der Waals surface area contributed by atoms with Gasteiger partial charge < -0.3 is 31.5 Å². The number of amides is 1. The van der Waals surface area contributed by atoms with Crippen molar-refractivity contribution in [1.82, 2.24) is 9.55 Å². The van der Waals surface area contributed by atoms with E-state index in [2.05, 4.69) is 0 Å². The molecule has 0 radical (unpaired) electrons. The largest absolute Gasteiger partial charge is 0.393 e. The summed E-state index contributed by atoms with van der Waals surface area (Å²) in [5.74, 6) is -1.05. The summed E-state index contributed by atoms with van der Waals surface area (Å²) in [4.78, 5) is 36.3. The van der Waals surface area contributed by atoms with Crippen molar-refractivity contribution < 1.29 is 24.9 Å². The molecule has 0 aromatic carbocycles. The molecule has 1 aromatic heterocycles. The van der Waals surface area contributed by atoms with Gasteiger partial charge in [-0.3, -0.25) is 19.1 Å². The standard InChI is InChI=1S/C11H16N4O7/c12-7(18)4-2-15(10(21)14-8(4)19)6-1-5(17)11(3-16,22-6)9(13)20/h2,5-6,9,16-17,20H,1,3,13H2,(H2,12,18)(H,14,19,21)/t5-,6+,9?,11-/m0/s1. The van der Waals surface area contributed by atoms with Crippen LogP contribution in [0.15, 0.2) is 15.8 Å². The first-order valence-electron chi connectivity index (χ1n) is 6.28. The minimum atomic E-state index is -1.88. The molecule has 0 spiro atoms. The number of nitrogens with two attached hydrogens (primary N) is 2. The summed E-state index contributed by atoms with van der Waals surface area (Å²) in [6.45, 7) is -0.802. The monoisotopic (exact) mass is 316 g/mol. The average molecular weight is 316 g/mol. The first-order chi connectivity index (χ1) is 10.2. The minimum absolute atomic E-state index is 0.209. The second-order valence-corrected chi connectivity index (χ2v) is 4.96. The second kappa shape index (κ2) is 5.62. The zero-order valence-electron chi connectivity index (χ0n) is 11.3. The fraction of sp³-hybridized carbons (Fsp3) is 0.545. The molecule has 0 bridgehead atoms. The highest BCUT2D eigenvalue weighted by atomic mass is 16.6. The highest BCUT2D eigenvalue weighted by Gasteiger charge is 2.52. The molecule has 1 amide bonds. The first kappa shape index (κ1) is 16.3. The van der Waals surface area contributed by atoms with Crippen molar-refractivity contribution in [1.29, 1.82) is 0 Å². The molecule has 1 fully saturated rings. The van der Waals surface area contributed by atoms with Gasteiger partial charge in [-0.2, -0.15) is 0 Å². The molecular weight excluding hydrogens is 300 g/mol. The number of hydrogen-bond acceptors (Lipinski definition) is 8. The number of aromatic amines is 1. The van der Waals surface area contributed by atoms with E-state index in [1.54, 1.807) is 0 Å². The van der Waals surface area contributed by atoms with Crippen molar-refractivity contribution in [2.75, 3.05) is 6.61 Å². The molecule has 11 heteroatoms. The summed E-state index contributed by atoms with van der Waals surface area (Å²) >= 11 is 0. The molecule has 1 aromatic rings. The third-order valence-corrected chi connectivity index (χ3v) is 3.64. The van der Waals surface area contributed by atoms with Crippen LogP contribution in [0.25, 0.3) is 0 Å². The Hall–Kier alpha value is -2.05. The quantitative estimate of drug-likeness (QED) is 0.302. The van der Waals surface area contributed by atoms with Crippen molar-refractivity contribution in [3.8, 4) is 0 Å². The summed E-state index contributed by atoms with van der Waals surface area (Å²) in [7, 11) is 0. The lowest BCUT2D eigenvalue weighted by atomic mass is 9.96. The maximum Gasteiger partial charge on any atom is 0.330 e. The maximum atomic E-state index is 11.8. The molecule has 122 valence electrons. The Morgan fingerprint density at radius 2 is 2.23 bits per heavy atom. The molecular formula is C11H16N4O7. The molecule has 2 rings (SSSR count). The van der Waals surface area contributed by atoms with Crippen LogP contribution in [0.4, 0.5) is 0 Å². The molecule has 1 unspecified atom stereocenters. The van der Waals surface area contributed by atoms with Crippen LogP contribution in [0.2, 0.25) is 0 Å². The van der Waals surface area contributed by atoms with Gasteiger partial charge in [0.2, 0.25) is 0 Å². The van der Waals surface area contributed by atoms with Gasteiger partial charge in [-0.25, -0.2) is 4.79 Å². The smallest absolute Gasteiger partial charge is 0.330 e. The highest BCUT2D eigenvalue weighted by Crippen LogP contribution is 2.37. The van der Waals surface area contributed by atoms with Crippen LogP contribution >= 0.6 is 0 Å². The van der Waals surface area contributed by atoms with Crippen molar-refractivity contribution in [3.05, 3.63) is 32.6 Å². The van der Waals surface area contributed by atoms with Gasteiger partial charge in [0.05, 0.1) is 12.7 Å². The van der Waals surface area contributed by atoms with Gasteiger partial charge in [0.15, 0.2) is 5.60 Å². The van der Waals surface area contributed by atoms with Gasteiger partial charge in [0.25, 0.3) is 11.5 Å². The maximum absolute atomic E-state index is 11.8. The molecule has 11 nitrogen and oxygen atoms in total. The Balaban J connectivity index is 2.47. The molecule has 2 heterocycles. The second-order valence-electron chi connectivity index (χ2n) is 4.96. The topological polar surface area (TPSA) is 194 Å². The van der Waals surface area contributed by atoms with Crippen LogP contribution in [0.3, 0.4) is 0 Å². The molecule has 22 heavy (non-hydrogen) atoms. The number of rotatable bonds is 4. The molecule has 1 aliphatic heterocycles. The Morgan fingerprint density at radius 3 is 2.68 bits per heavy atom. The van der Waals surface area contributed by atoms with E-state index in [-0.39, 0.29) is 6.42 Å². The molecule has 4 atom stereocenters. The number of nitrogens with one attached hydrogen (secondary N) is 1. The number of aliphatic hydroxyl groups is 3. The number of carbonyl (C=O) groups is 1. The Bertz CT molecular complexity index is 696. The van der Waals surface area contributed by atoms with Gasteiger partial charge >= 0.3 is 5.69 Å². The summed E-state index contributed by atoms with van der Waals surface area (Å²) in [6, 6.07) is 0. The Kier molecular flexibility index (Phi) is 4.17. The predicted octanol–water partition coefficient (Wildman–Crippen LogP) is -4.08. The SMILES string of the molecule is NC(=O)c1cn([C@H]2C[C@H](O)[C@@](CO)(C(N)O)O2)c(=O)[nH]c1=O. The number of aromatic nitrogens is 2. The van der Waals surface area contributed by atoms with E-state index in [1.807, 2.05) is 4.98 Å². The number of carbonyl (C=O) groups excluding carboxylic acids is 1. The van der Waals surface area contributed by atoms with E-state index in [9.17, 15) is 29.7 Å². The normalized spacial score (nSPS) is 29.5. The Labute approximate surface area is 122 Å². The van der Waals surface area contributed by atoms with Gasteiger partial charge in [-0.1, -0.05) is 0 Å². The van der Waals surface area contributed by atoms with Crippen LogP contribution in [-0.4, -0.2) is 55.3 Å². The van der Waals surface area contributed by atoms with Gasteiger partial charge in [0.1, 0.15) is 18.0 Å². The van der Waals surface area contributed by atoms with E-state index in [0.717, 1.165) is 10.8 Å². The van der Waals surface area contributed by atoms with Gasteiger partial charge in [0, 0.05) is 12.6 Å². The van der Waals surface area contributed by atoms with Crippen molar-refractivity contribution in [2.45, 2.75) is 30.6 Å². The fourth-order valence-electron chi connectivity index (χ4n) is 2.32. The van der Waals surface area contributed by atoms with E-state index >= 15 is 0 Å². The molecule has 8 N–H and O–H groups in total. The molecule has 0 aliphatic carbocycles. The van der Waals surface area contributed by atoms with E-state index < -0.39 is 53.5 Å². The van der Waals surface area contributed by atoms with E-state index in [1.165, 1.54) is 0 Å². The zero-order valence-corrected chi connectivity index (χ0v) is 11.3. The third kappa shape index (κ3) is 2.44. The molecule has 0 saturated carbocycles. The Morgan fingerprint density at radius 1 is 1.59 bits per heavy atom. The van der Waals surface area contributed by atoms with Crippen LogP contribution < -0.4 is 22.7 Å².